The van der Waals surface area contributed by atoms with Crippen LogP contribution >= 0.6 is 10.6 Å². The molecule has 5 nitrogen and oxygen atoms in total. The molecule has 6 heteroatoms. The first kappa shape index (κ1) is 7.64. The van der Waals surface area contributed by atoms with Crippen LogP contribution in [0.1, 0.15) is 6.42 Å². The molecule has 0 bridgehead atoms. The van der Waals surface area contributed by atoms with Gasteiger partial charge in [-0.25, -0.2) is 9.59 Å². The average molecular weight is 203 g/mol. The maximum atomic E-state index is 10.9. The van der Waals surface area contributed by atoms with E-state index in [2.05, 4.69) is 5.32 Å². The molecule has 0 atom stereocenters. The van der Waals surface area contributed by atoms with Gasteiger partial charge < -0.3 is 13.7 Å². The highest BCUT2D eigenvalue weighted by atomic mass is 32.3. The summed E-state index contributed by atoms with van der Waals surface area (Å²) in [4.78, 5) is 21.8. The van der Waals surface area contributed by atoms with Crippen LogP contribution in [0, 0.1) is 0 Å². The molecule has 0 aromatic heterocycles. The lowest BCUT2D eigenvalue weighted by Gasteiger charge is -2.64. The van der Waals surface area contributed by atoms with Crippen LogP contribution in [-0.2, 0) is 18.0 Å². The Bertz CT molecular complexity index is 290. The number of carbonyl (C=O) groups is 2. The van der Waals surface area contributed by atoms with Crippen LogP contribution in [0.25, 0.3) is 0 Å². The van der Waals surface area contributed by atoms with E-state index in [9.17, 15) is 9.59 Å². The van der Waals surface area contributed by atoms with Gasteiger partial charge in [0.2, 0.25) is 0 Å². The molecule has 0 aromatic carbocycles. The van der Waals surface area contributed by atoms with Gasteiger partial charge in [-0.2, -0.15) is 0 Å². The first-order valence-electron chi connectivity index (χ1n) is 4.16. The van der Waals surface area contributed by atoms with Crippen LogP contribution in [0.15, 0.2) is 0 Å². The molecule has 0 aliphatic carbocycles. The van der Waals surface area contributed by atoms with E-state index < -0.39 is 22.5 Å². The minimum atomic E-state index is -1.82. The van der Waals surface area contributed by atoms with Crippen LogP contribution in [-0.4, -0.2) is 35.5 Å². The van der Waals surface area contributed by atoms with Gasteiger partial charge in [0.1, 0.15) is 4.75 Å². The van der Waals surface area contributed by atoms with Crippen molar-refractivity contribution in [1.82, 2.24) is 5.32 Å². The van der Waals surface area contributed by atoms with Crippen molar-refractivity contribution >= 4 is 22.5 Å². The van der Waals surface area contributed by atoms with E-state index >= 15 is 0 Å². The summed E-state index contributed by atoms with van der Waals surface area (Å²) in [5.41, 5.74) is 0. The number of nitrogens with one attached hydrogen (secondary N) is 1. The Balaban J connectivity index is 1.91. The summed E-state index contributed by atoms with van der Waals surface area (Å²) in [5.74, 6) is -0.881. The molecule has 0 amide bonds. The second-order valence-corrected chi connectivity index (χ2v) is 6.43. The van der Waals surface area contributed by atoms with Crippen molar-refractivity contribution in [2.45, 2.75) is 11.2 Å². The summed E-state index contributed by atoms with van der Waals surface area (Å²) in [6.45, 7) is 1.62. The summed E-state index contributed by atoms with van der Waals surface area (Å²) in [7, 11) is -1.82. The molecule has 3 heterocycles. The van der Waals surface area contributed by atoms with Crippen LogP contribution in [0.3, 0.4) is 0 Å². The van der Waals surface area contributed by atoms with Gasteiger partial charge in [-0.15, -0.1) is 0 Å². The monoisotopic (exact) mass is 203 g/mol. The summed E-state index contributed by atoms with van der Waals surface area (Å²) < 4.78 is 10.1. The van der Waals surface area contributed by atoms with E-state index in [1.807, 2.05) is 0 Å². The fourth-order valence-electron chi connectivity index (χ4n) is 1.95. The van der Waals surface area contributed by atoms with Gasteiger partial charge in [-0.3, -0.25) is 0 Å². The molecule has 0 saturated carbocycles. The fraction of sp³-hybridized carbons (Fsp3) is 0.714. The third-order valence-electron chi connectivity index (χ3n) is 2.97. The molecule has 3 aliphatic heterocycles. The molecule has 13 heavy (non-hydrogen) atoms. The largest absolute Gasteiger partial charge is 0.441 e. The van der Waals surface area contributed by atoms with Gasteiger partial charge in [0.15, 0.2) is 0 Å². The van der Waals surface area contributed by atoms with E-state index in [0.717, 1.165) is 25.3 Å². The van der Waals surface area contributed by atoms with Crippen molar-refractivity contribution in [3.63, 3.8) is 0 Å². The number of carbonyl (C=O) groups excluding carboxylic acids is 2. The van der Waals surface area contributed by atoms with Crippen molar-refractivity contribution in [1.29, 1.82) is 0 Å². The standard InChI is InChI=1S/C7H9NO4S/c9-5-6(10)12-13(11-5)2-1-7(13)3-8-4-7/h8H,1-4H2. The lowest BCUT2D eigenvalue weighted by molar-refractivity contribution is -0.150. The smallest absolute Gasteiger partial charge is 0.334 e. The lowest BCUT2D eigenvalue weighted by atomic mass is 9.98. The highest BCUT2D eigenvalue weighted by molar-refractivity contribution is 8.29. The fourth-order valence-corrected chi connectivity index (χ4v) is 4.89. The number of hydrogen-bond donors (Lipinski definition) is 1. The van der Waals surface area contributed by atoms with Gasteiger partial charge in [-0.05, 0) is 6.42 Å². The van der Waals surface area contributed by atoms with Crippen LogP contribution < -0.4 is 5.32 Å². The molecular formula is C7H9NO4S. The van der Waals surface area contributed by atoms with E-state index in [1.54, 1.807) is 0 Å². The second-order valence-electron chi connectivity index (χ2n) is 3.60. The maximum Gasteiger partial charge on any atom is 0.441 e. The summed E-state index contributed by atoms with van der Waals surface area (Å²) in [6.07, 6.45) is 0.996. The molecule has 1 N–H and O–H groups in total. The summed E-state index contributed by atoms with van der Waals surface area (Å²) >= 11 is 0. The average Bonchev–Trinajstić information content (AvgIpc) is 2.26. The molecule has 0 unspecified atom stereocenters. The minimum Gasteiger partial charge on any atom is -0.334 e. The van der Waals surface area contributed by atoms with Crippen molar-refractivity contribution in [3.05, 3.63) is 0 Å². The van der Waals surface area contributed by atoms with E-state index in [0.29, 0.717) is 0 Å². The van der Waals surface area contributed by atoms with Crippen LogP contribution in [0.5, 0.6) is 0 Å². The normalized spacial score (nSPS) is 34.8. The lowest BCUT2D eigenvalue weighted by Crippen LogP contribution is -2.68. The SMILES string of the molecule is O=C1OS2(CCC23CNC3)OC1=O. The first-order valence-corrected chi connectivity index (χ1v) is 5.81. The minimum absolute atomic E-state index is 0.0329. The zero-order valence-electron chi connectivity index (χ0n) is 6.87. The number of hydrogen-bond acceptors (Lipinski definition) is 5. The van der Waals surface area contributed by atoms with E-state index in [-0.39, 0.29) is 4.75 Å². The molecule has 0 radical (unpaired) electrons. The van der Waals surface area contributed by atoms with Gasteiger partial charge in [0.25, 0.3) is 0 Å². The molecule has 3 rings (SSSR count). The van der Waals surface area contributed by atoms with Crippen LogP contribution in [0.4, 0.5) is 0 Å². The van der Waals surface area contributed by atoms with E-state index in [1.165, 1.54) is 0 Å². The Morgan fingerprint density at radius 1 is 1.23 bits per heavy atom. The molecular weight excluding hydrogens is 194 g/mol. The molecule has 2 spiro atoms. The van der Waals surface area contributed by atoms with E-state index in [4.69, 9.17) is 8.37 Å². The molecule has 72 valence electrons. The van der Waals surface area contributed by atoms with Crippen molar-refractivity contribution < 1.29 is 18.0 Å². The second kappa shape index (κ2) is 2.01. The van der Waals surface area contributed by atoms with Crippen molar-refractivity contribution in [3.8, 4) is 0 Å². The highest BCUT2D eigenvalue weighted by Gasteiger charge is 2.65. The maximum absolute atomic E-state index is 10.9. The Labute approximate surface area is 76.5 Å². The molecule has 3 saturated heterocycles. The summed E-state index contributed by atoms with van der Waals surface area (Å²) in [6, 6.07) is 0. The third-order valence-corrected chi connectivity index (χ3v) is 6.36. The Kier molecular flexibility index (Phi) is 1.18. The third kappa shape index (κ3) is 0.694. The predicted molar refractivity (Wildman–Crippen MR) is 44.9 cm³/mol. The zero-order chi connectivity index (χ0) is 9.10. The van der Waals surface area contributed by atoms with Gasteiger partial charge in [0, 0.05) is 13.1 Å². The molecule has 3 fully saturated rings. The topological polar surface area (TPSA) is 64.6 Å². The van der Waals surface area contributed by atoms with Gasteiger partial charge in [-0.1, -0.05) is 10.6 Å². The predicted octanol–water partition coefficient (Wildman–Crippen LogP) is -0.533. The van der Waals surface area contributed by atoms with Gasteiger partial charge >= 0.3 is 11.9 Å². The zero-order valence-corrected chi connectivity index (χ0v) is 7.69. The molecule has 3 aliphatic rings. The Morgan fingerprint density at radius 2 is 1.85 bits per heavy atom. The Morgan fingerprint density at radius 3 is 2.15 bits per heavy atom. The number of fused-ring (bicyclic) bond motifs is 1. The highest BCUT2D eigenvalue weighted by Crippen LogP contribution is 2.74. The first-order chi connectivity index (χ1) is 6.18. The quantitative estimate of drug-likeness (QED) is 0.536. The van der Waals surface area contributed by atoms with Crippen molar-refractivity contribution in [2.75, 3.05) is 18.8 Å². The Hall–Kier alpha value is -0.750. The van der Waals surface area contributed by atoms with Crippen molar-refractivity contribution in [2.24, 2.45) is 0 Å². The van der Waals surface area contributed by atoms with Crippen LogP contribution in [0.2, 0.25) is 0 Å². The van der Waals surface area contributed by atoms with Gasteiger partial charge in [0.05, 0.1) is 5.75 Å². The molecule has 0 aromatic rings. The summed E-state index contributed by atoms with van der Waals surface area (Å²) in [5, 5.41) is 3.12. The number of rotatable bonds is 0.